The van der Waals surface area contributed by atoms with E-state index in [0.717, 1.165) is 12.6 Å². The Balaban J connectivity index is 3.27. The number of methoxy groups -OCH3 is 1. The Bertz CT molecular complexity index is 122. The monoisotopic (exact) mass is 145 g/mol. The molecular formula is C6H11NO3. The van der Waals surface area contributed by atoms with Crippen LogP contribution in [0.5, 0.6) is 0 Å². The standard InChI is InChI=1S/C6H11NO3/c1-3-4-10-7-5-6(8)9-2/h5H,3-4H2,1-2H3. The van der Waals surface area contributed by atoms with E-state index >= 15 is 0 Å². The van der Waals surface area contributed by atoms with Gasteiger partial charge < -0.3 is 9.57 Å². The van der Waals surface area contributed by atoms with Crippen molar-refractivity contribution >= 4 is 12.2 Å². The molecule has 0 rings (SSSR count). The molecule has 0 aliphatic rings. The maximum Gasteiger partial charge on any atom is 0.352 e. The Morgan fingerprint density at radius 2 is 2.40 bits per heavy atom. The molecule has 58 valence electrons. The largest absolute Gasteiger partial charge is 0.465 e. The van der Waals surface area contributed by atoms with Gasteiger partial charge in [-0.25, -0.2) is 4.79 Å². The van der Waals surface area contributed by atoms with E-state index in [2.05, 4.69) is 14.7 Å². The fourth-order valence-corrected chi connectivity index (χ4v) is 0.277. The topological polar surface area (TPSA) is 47.9 Å². The van der Waals surface area contributed by atoms with Crippen molar-refractivity contribution in [3.63, 3.8) is 0 Å². The lowest BCUT2D eigenvalue weighted by Crippen LogP contribution is -2.01. The fourth-order valence-electron chi connectivity index (χ4n) is 0.277. The number of esters is 1. The molecule has 4 heteroatoms. The number of hydrogen-bond donors (Lipinski definition) is 0. The zero-order valence-electron chi connectivity index (χ0n) is 6.16. The third-order valence-electron chi connectivity index (χ3n) is 0.729. The molecule has 0 aromatic rings. The van der Waals surface area contributed by atoms with Crippen molar-refractivity contribution in [1.82, 2.24) is 0 Å². The van der Waals surface area contributed by atoms with Gasteiger partial charge >= 0.3 is 5.97 Å². The number of hydrogen-bond acceptors (Lipinski definition) is 4. The molecule has 0 atom stereocenters. The predicted molar refractivity (Wildman–Crippen MR) is 36.8 cm³/mol. The van der Waals surface area contributed by atoms with Crippen LogP contribution in [0.25, 0.3) is 0 Å². The molecule has 0 fully saturated rings. The van der Waals surface area contributed by atoms with Crippen LogP contribution >= 0.6 is 0 Å². The number of nitrogens with zero attached hydrogens (tertiary/aromatic N) is 1. The van der Waals surface area contributed by atoms with E-state index in [1.54, 1.807) is 0 Å². The third-order valence-corrected chi connectivity index (χ3v) is 0.729. The molecule has 0 heterocycles. The summed E-state index contributed by atoms with van der Waals surface area (Å²) in [5, 5.41) is 3.33. The van der Waals surface area contributed by atoms with E-state index in [1.807, 2.05) is 6.92 Å². The molecule has 0 aliphatic heterocycles. The van der Waals surface area contributed by atoms with Crippen molar-refractivity contribution in [2.75, 3.05) is 13.7 Å². The fraction of sp³-hybridized carbons (Fsp3) is 0.667. The lowest BCUT2D eigenvalue weighted by Gasteiger charge is -1.92. The van der Waals surface area contributed by atoms with Crippen LogP contribution in [0.2, 0.25) is 0 Å². The molecule has 0 aliphatic carbocycles. The van der Waals surface area contributed by atoms with Crippen molar-refractivity contribution in [2.24, 2.45) is 5.16 Å². The van der Waals surface area contributed by atoms with E-state index in [4.69, 9.17) is 0 Å². The van der Waals surface area contributed by atoms with Gasteiger partial charge in [0, 0.05) is 0 Å². The number of carbonyl (C=O) groups is 1. The minimum atomic E-state index is -0.504. The zero-order valence-corrected chi connectivity index (χ0v) is 6.16. The lowest BCUT2D eigenvalue weighted by atomic mass is 10.5. The third kappa shape index (κ3) is 5.08. The highest BCUT2D eigenvalue weighted by atomic mass is 16.6. The van der Waals surface area contributed by atoms with E-state index in [1.165, 1.54) is 7.11 Å². The second-order valence-electron chi connectivity index (χ2n) is 1.59. The van der Waals surface area contributed by atoms with Crippen molar-refractivity contribution < 1.29 is 14.4 Å². The minimum absolute atomic E-state index is 0.504. The molecule has 0 spiro atoms. The SMILES string of the molecule is CCCON=CC(=O)OC. The van der Waals surface area contributed by atoms with E-state index in [0.29, 0.717) is 6.61 Å². The molecule has 0 aromatic heterocycles. The van der Waals surface area contributed by atoms with E-state index in [-0.39, 0.29) is 0 Å². The summed E-state index contributed by atoms with van der Waals surface area (Å²) in [5.74, 6) is -0.504. The van der Waals surface area contributed by atoms with Gasteiger partial charge in [0.2, 0.25) is 0 Å². The van der Waals surface area contributed by atoms with Crippen molar-refractivity contribution in [1.29, 1.82) is 0 Å². The zero-order chi connectivity index (χ0) is 7.82. The summed E-state index contributed by atoms with van der Waals surface area (Å²) in [7, 11) is 1.29. The van der Waals surface area contributed by atoms with Gasteiger partial charge in [0.25, 0.3) is 0 Å². The second kappa shape index (κ2) is 6.07. The molecule has 0 saturated heterocycles. The molecular weight excluding hydrogens is 134 g/mol. The molecule has 0 radical (unpaired) electrons. The highest BCUT2D eigenvalue weighted by Crippen LogP contribution is 1.79. The summed E-state index contributed by atoms with van der Waals surface area (Å²) in [6.07, 6.45) is 1.87. The van der Waals surface area contributed by atoms with Gasteiger partial charge in [0.05, 0.1) is 7.11 Å². The molecule has 0 amide bonds. The second-order valence-corrected chi connectivity index (χ2v) is 1.59. The first-order valence-electron chi connectivity index (χ1n) is 3.04. The van der Waals surface area contributed by atoms with Gasteiger partial charge in [-0.1, -0.05) is 12.1 Å². The predicted octanol–water partition coefficient (Wildman–Crippen LogP) is 0.572. The van der Waals surface area contributed by atoms with Crippen LogP contribution in [-0.2, 0) is 14.4 Å². The molecule has 10 heavy (non-hydrogen) atoms. The molecule has 0 unspecified atom stereocenters. The van der Waals surface area contributed by atoms with Crippen LogP contribution in [-0.4, -0.2) is 25.9 Å². The summed E-state index contributed by atoms with van der Waals surface area (Å²) >= 11 is 0. The minimum Gasteiger partial charge on any atom is -0.465 e. The first-order chi connectivity index (χ1) is 4.81. The van der Waals surface area contributed by atoms with Gasteiger partial charge in [-0.3, -0.25) is 0 Å². The molecule has 0 saturated carbocycles. The quantitative estimate of drug-likeness (QED) is 0.251. The van der Waals surface area contributed by atoms with Crippen LogP contribution < -0.4 is 0 Å². The van der Waals surface area contributed by atoms with E-state index < -0.39 is 5.97 Å². The number of oxime groups is 1. The summed E-state index contributed by atoms with van der Waals surface area (Å²) < 4.78 is 4.26. The molecule has 4 nitrogen and oxygen atoms in total. The highest BCUT2D eigenvalue weighted by Gasteiger charge is 1.90. The normalized spacial score (nSPS) is 9.80. The molecule has 0 bridgehead atoms. The van der Waals surface area contributed by atoms with Gasteiger partial charge in [0.15, 0.2) is 6.21 Å². The first-order valence-corrected chi connectivity index (χ1v) is 3.04. The smallest absolute Gasteiger partial charge is 0.352 e. The Morgan fingerprint density at radius 1 is 1.70 bits per heavy atom. The Morgan fingerprint density at radius 3 is 2.90 bits per heavy atom. The average molecular weight is 145 g/mol. The van der Waals surface area contributed by atoms with Gasteiger partial charge in [-0.05, 0) is 6.42 Å². The Kier molecular flexibility index (Phi) is 5.42. The average Bonchev–Trinajstić information content (AvgIpc) is 1.98. The van der Waals surface area contributed by atoms with Crippen LogP contribution in [0, 0.1) is 0 Å². The maximum absolute atomic E-state index is 10.3. The Hall–Kier alpha value is -1.06. The molecule has 0 aromatic carbocycles. The summed E-state index contributed by atoms with van der Waals surface area (Å²) in [5.41, 5.74) is 0. The van der Waals surface area contributed by atoms with Crippen molar-refractivity contribution in [2.45, 2.75) is 13.3 Å². The first kappa shape index (κ1) is 8.94. The van der Waals surface area contributed by atoms with Gasteiger partial charge in [0.1, 0.15) is 6.61 Å². The van der Waals surface area contributed by atoms with Crippen LogP contribution in [0.15, 0.2) is 5.16 Å². The number of rotatable bonds is 4. The Labute approximate surface area is 59.8 Å². The van der Waals surface area contributed by atoms with Gasteiger partial charge in [-0.2, -0.15) is 0 Å². The summed E-state index contributed by atoms with van der Waals surface area (Å²) in [4.78, 5) is 14.9. The van der Waals surface area contributed by atoms with Crippen molar-refractivity contribution in [3.05, 3.63) is 0 Å². The maximum atomic E-state index is 10.3. The van der Waals surface area contributed by atoms with Crippen LogP contribution in [0.3, 0.4) is 0 Å². The summed E-state index contributed by atoms with van der Waals surface area (Å²) in [6.45, 7) is 2.47. The molecule has 0 N–H and O–H groups in total. The van der Waals surface area contributed by atoms with Crippen molar-refractivity contribution in [3.8, 4) is 0 Å². The number of ether oxygens (including phenoxy) is 1. The lowest BCUT2D eigenvalue weighted by molar-refractivity contribution is -0.132. The highest BCUT2D eigenvalue weighted by molar-refractivity contribution is 6.22. The summed E-state index contributed by atoms with van der Waals surface area (Å²) in [6, 6.07) is 0. The number of carbonyl (C=O) groups excluding carboxylic acids is 1. The van der Waals surface area contributed by atoms with Crippen LogP contribution in [0.1, 0.15) is 13.3 Å². The van der Waals surface area contributed by atoms with Crippen LogP contribution in [0.4, 0.5) is 0 Å². The van der Waals surface area contributed by atoms with E-state index in [9.17, 15) is 4.79 Å². The van der Waals surface area contributed by atoms with Gasteiger partial charge in [-0.15, -0.1) is 0 Å².